The van der Waals surface area contributed by atoms with Gasteiger partial charge in [0.1, 0.15) is 16.6 Å². The molecule has 2 aromatic carbocycles. The van der Waals surface area contributed by atoms with Gasteiger partial charge in [0, 0.05) is 17.5 Å². The lowest BCUT2D eigenvalue weighted by molar-refractivity contribution is -0.129. The standard InChI is InChI=1S/C21H19FN2O4S/c1-13(19(25)23-11-14-3-9-17(27-2)10-4-14)28-21(26)18-12-29-20(24-18)15-5-7-16(22)8-6-15/h3-10,12-13H,11H2,1-2H3,(H,23,25)/t13-/m1/s1. The maximum absolute atomic E-state index is 13.0. The number of hydrogen-bond acceptors (Lipinski definition) is 6. The van der Waals surface area contributed by atoms with E-state index < -0.39 is 18.0 Å². The fourth-order valence-electron chi connectivity index (χ4n) is 2.44. The molecule has 8 heteroatoms. The van der Waals surface area contributed by atoms with E-state index in [9.17, 15) is 14.0 Å². The zero-order chi connectivity index (χ0) is 20.8. The molecule has 1 N–H and O–H groups in total. The number of amides is 1. The lowest BCUT2D eigenvalue weighted by Crippen LogP contribution is -2.35. The molecule has 0 aliphatic heterocycles. The second-order valence-electron chi connectivity index (χ2n) is 6.16. The average molecular weight is 414 g/mol. The molecule has 6 nitrogen and oxygen atoms in total. The molecule has 0 radical (unpaired) electrons. The molecule has 0 bridgehead atoms. The van der Waals surface area contributed by atoms with Crippen LogP contribution in [0.1, 0.15) is 23.0 Å². The molecular weight excluding hydrogens is 395 g/mol. The first-order valence-corrected chi connectivity index (χ1v) is 9.67. The maximum atomic E-state index is 13.0. The van der Waals surface area contributed by atoms with Gasteiger partial charge in [0.05, 0.1) is 7.11 Å². The van der Waals surface area contributed by atoms with Gasteiger partial charge in [-0.05, 0) is 48.9 Å². The minimum atomic E-state index is -0.975. The number of halogens is 1. The van der Waals surface area contributed by atoms with Crippen LogP contribution in [0, 0.1) is 5.82 Å². The first kappa shape index (κ1) is 20.5. The topological polar surface area (TPSA) is 77.5 Å². The Balaban J connectivity index is 1.54. The van der Waals surface area contributed by atoms with Crippen molar-refractivity contribution in [3.8, 4) is 16.3 Å². The van der Waals surface area contributed by atoms with Crippen molar-refractivity contribution in [2.75, 3.05) is 7.11 Å². The second-order valence-corrected chi connectivity index (χ2v) is 7.02. The highest BCUT2D eigenvalue weighted by Gasteiger charge is 2.21. The van der Waals surface area contributed by atoms with Crippen molar-refractivity contribution in [2.24, 2.45) is 0 Å². The summed E-state index contributed by atoms with van der Waals surface area (Å²) in [6.45, 7) is 1.80. The summed E-state index contributed by atoms with van der Waals surface area (Å²) in [5, 5.41) is 4.83. The number of carbonyl (C=O) groups excluding carboxylic acids is 2. The van der Waals surface area contributed by atoms with E-state index in [-0.39, 0.29) is 11.5 Å². The molecule has 1 heterocycles. The Kier molecular flexibility index (Phi) is 6.56. The van der Waals surface area contributed by atoms with E-state index >= 15 is 0 Å². The molecule has 1 aromatic heterocycles. The van der Waals surface area contributed by atoms with Gasteiger partial charge >= 0.3 is 5.97 Å². The summed E-state index contributed by atoms with van der Waals surface area (Å²) in [4.78, 5) is 28.7. The molecule has 0 saturated heterocycles. The van der Waals surface area contributed by atoms with Gasteiger partial charge in [-0.1, -0.05) is 12.1 Å². The third-order valence-corrected chi connectivity index (χ3v) is 4.97. The molecule has 1 amide bonds. The van der Waals surface area contributed by atoms with Gasteiger partial charge in [0.2, 0.25) is 0 Å². The summed E-state index contributed by atoms with van der Waals surface area (Å²) in [6, 6.07) is 13.1. The van der Waals surface area contributed by atoms with E-state index in [1.54, 1.807) is 36.8 Å². The summed E-state index contributed by atoms with van der Waals surface area (Å²) in [5.41, 5.74) is 1.69. The van der Waals surface area contributed by atoms with Crippen LogP contribution in [0.5, 0.6) is 5.75 Å². The number of nitrogens with one attached hydrogen (secondary N) is 1. The number of methoxy groups -OCH3 is 1. The minimum absolute atomic E-state index is 0.101. The van der Waals surface area contributed by atoms with Gasteiger partial charge in [-0.25, -0.2) is 14.2 Å². The SMILES string of the molecule is COc1ccc(CNC(=O)[C@@H](C)OC(=O)c2csc(-c3ccc(F)cc3)n2)cc1. The predicted molar refractivity (Wildman–Crippen MR) is 107 cm³/mol. The number of benzene rings is 2. The van der Waals surface area contributed by atoms with Gasteiger partial charge in [0.15, 0.2) is 11.8 Å². The number of esters is 1. The Hall–Kier alpha value is -3.26. The molecule has 0 spiro atoms. The lowest BCUT2D eigenvalue weighted by atomic mass is 10.2. The third-order valence-electron chi connectivity index (χ3n) is 4.08. The van der Waals surface area contributed by atoms with Crippen LogP contribution in [0.3, 0.4) is 0 Å². The normalized spacial score (nSPS) is 11.6. The zero-order valence-corrected chi connectivity index (χ0v) is 16.7. The molecule has 29 heavy (non-hydrogen) atoms. The number of aromatic nitrogens is 1. The van der Waals surface area contributed by atoms with Crippen molar-refractivity contribution in [2.45, 2.75) is 19.6 Å². The summed E-state index contributed by atoms with van der Waals surface area (Å²) in [6.07, 6.45) is -0.975. The smallest absolute Gasteiger partial charge is 0.358 e. The zero-order valence-electron chi connectivity index (χ0n) is 15.8. The average Bonchev–Trinajstić information content (AvgIpc) is 3.23. The van der Waals surface area contributed by atoms with Crippen LogP contribution in [0.4, 0.5) is 4.39 Å². The van der Waals surface area contributed by atoms with Crippen LogP contribution in [0.15, 0.2) is 53.9 Å². The van der Waals surface area contributed by atoms with Gasteiger partial charge in [-0.3, -0.25) is 4.79 Å². The van der Waals surface area contributed by atoms with Crippen molar-refractivity contribution in [3.63, 3.8) is 0 Å². The summed E-state index contributed by atoms with van der Waals surface area (Å²) >= 11 is 1.24. The van der Waals surface area contributed by atoms with Crippen LogP contribution in [-0.2, 0) is 16.1 Å². The Labute approximate surface area is 171 Å². The molecule has 0 unspecified atom stereocenters. The summed E-state index contributed by atoms with van der Waals surface area (Å²) in [7, 11) is 1.58. The predicted octanol–water partition coefficient (Wildman–Crippen LogP) is 3.82. The number of carbonyl (C=O) groups is 2. The minimum Gasteiger partial charge on any atom is -0.497 e. The van der Waals surface area contributed by atoms with Crippen molar-refractivity contribution in [1.82, 2.24) is 10.3 Å². The lowest BCUT2D eigenvalue weighted by Gasteiger charge is -2.13. The van der Waals surface area contributed by atoms with Gasteiger partial charge in [-0.15, -0.1) is 11.3 Å². The summed E-state index contributed by atoms with van der Waals surface area (Å²) in [5.74, 6) is -0.727. The summed E-state index contributed by atoms with van der Waals surface area (Å²) < 4.78 is 23.3. The number of nitrogens with zero attached hydrogens (tertiary/aromatic N) is 1. The Morgan fingerprint density at radius 1 is 1.14 bits per heavy atom. The highest BCUT2D eigenvalue weighted by molar-refractivity contribution is 7.13. The molecule has 3 rings (SSSR count). The Morgan fingerprint density at radius 3 is 2.48 bits per heavy atom. The van der Waals surface area contributed by atoms with E-state index in [4.69, 9.17) is 9.47 Å². The van der Waals surface area contributed by atoms with E-state index in [1.165, 1.54) is 30.4 Å². The van der Waals surface area contributed by atoms with Crippen LogP contribution < -0.4 is 10.1 Å². The van der Waals surface area contributed by atoms with Crippen molar-refractivity contribution < 1.29 is 23.5 Å². The van der Waals surface area contributed by atoms with Crippen molar-refractivity contribution in [3.05, 3.63) is 71.0 Å². The van der Waals surface area contributed by atoms with E-state index in [2.05, 4.69) is 10.3 Å². The molecule has 3 aromatic rings. The maximum Gasteiger partial charge on any atom is 0.358 e. The Bertz CT molecular complexity index is 987. The quantitative estimate of drug-likeness (QED) is 0.595. The highest BCUT2D eigenvalue weighted by Crippen LogP contribution is 2.24. The van der Waals surface area contributed by atoms with Crippen molar-refractivity contribution in [1.29, 1.82) is 0 Å². The molecule has 0 aliphatic rings. The number of rotatable bonds is 7. The van der Waals surface area contributed by atoms with Crippen LogP contribution in [-0.4, -0.2) is 30.1 Å². The molecule has 0 aliphatic carbocycles. The Morgan fingerprint density at radius 2 is 1.83 bits per heavy atom. The first-order chi connectivity index (χ1) is 14.0. The molecular formula is C21H19FN2O4S. The van der Waals surface area contributed by atoms with Gasteiger partial charge in [0.25, 0.3) is 5.91 Å². The monoisotopic (exact) mass is 414 g/mol. The third kappa shape index (κ3) is 5.39. The largest absolute Gasteiger partial charge is 0.497 e. The van der Waals surface area contributed by atoms with Gasteiger partial charge < -0.3 is 14.8 Å². The molecule has 0 fully saturated rings. The van der Waals surface area contributed by atoms with Gasteiger partial charge in [-0.2, -0.15) is 0 Å². The van der Waals surface area contributed by atoms with E-state index in [0.717, 1.165) is 11.3 Å². The molecule has 1 atom stereocenters. The van der Waals surface area contributed by atoms with Crippen LogP contribution in [0.2, 0.25) is 0 Å². The first-order valence-electron chi connectivity index (χ1n) is 8.79. The molecule has 0 saturated carbocycles. The fraction of sp³-hybridized carbons (Fsp3) is 0.190. The number of ether oxygens (including phenoxy) is 2. The highest BCUT2D eigenvalue weighted by atomic mass is 32.1. The van der Waals surface area contributed by atoms with Crippen LogP contribution >= 0.6 is 11.3 Å². The van der Waals surface area contributed by atoms with Crippen LogP contribution in [0.25, 0.3) is 10.6 Å². The number of thiazole rings is 1. The van der Waals surface area contributed by atoms with E-state index in [1.807, 2.05) is 12.1 Å². The number of hydrogen-bond donors (Lipinski definition) is 1. The van der Waals surface area contributed by atoms with E-state index in [0.29, 0.717) is 17.1 Å². The van der Waals surface area contributed by atoms with Crippen molar-refractivity contribution >= 4 is 23.2 Å². The molecule has 150 valence electrons. The fourth-order valence-corrected chi connectivity index (χ4v) is 3.24. The second kappa shape index (κ2) is 9.29.